The van der Waals surface area contributed by atoms with Gasteiger partial charge in [-0.15, -0.1) is 24.0 Å². The average Bonchev–Trinajstić information content (AvgIpc) is 3.11. The fraction of sp³-hybridized carbons (Fsp3) is 0.684. The number of nitrogens with one attached hydrogen (secondary N) is 2. The molecule has 2 rings (SSSR count). The summed E-state index contributed by atoms with van der Waals surface area (Å²) in [6, 6.07) is 5.75. The number of hydrogen-bond acceptors (Lipinski definition) is 4. The van der Waals surface area contributed by atoms with Gasteiger partial charge in [-0.2, -0.15) is 0 Å². The summed E-state index contributed by atoms with van der Waals surface area (Å²) in [7, 11) is 3.41. The maximum absolute atomic E-state index is 5.32. The molecule has 0 amide bonds. The average molecular weight is 476 g/mol. The van der Waals surface area contributed by atoms with Crippen LogP contribution in [0.5, 0.6) is 5.88 Å². The molecule has 0 aromatic carbocycles. The van der Waals surface area contributed by atoms with E-state index in [1.807, 2.05) is 18.2 Å². The Kier molecular flexibility index (Phi) is 10.9. The smallest absolute Gasteiger partial charge is 0.213 e. The van der Waals surface area contributed by atoms with Crippen LogP contribution in [0.3, 0.4) is 0 Å². The lowest BCUT2D eigenvalue weighted by molar-refractivity contribution is 0.138. The lowest BCUT2D eigenvalue weighted by Crippen LogP contribution is -2.43. The first kappa shape index (κ1) is 23.0. The molecule has 0 aliphatic heterocycles. The Morgan fingerprint density at radius 3 is 2.65 bits per heavy atom. The van der Waals surface area contributed by atoms with Gasteiger partial charge < -0.3 is 20.1 Å². The van der Waals surface area contributed by atoms with E-state index in [4.69, 9.17) is 9.47 Å². The SMILES string of the molecule is CCNC(=NCc1cccc(OC)n1)NCC1(CCOC)CCCC1.I. The number of nitrogens with zero attached hydrogens (tertiary/aromatic N) is 2. The second-order valence-electron chi connectivity index (χ2n) is 6.67. The molecule has 1 aromatic rings. The summed E-state index contributed by atoms with van der Waals surface area (Å²) in [5.74, 6) is 1.46. The van der Waals surface area contributed by atoms with Gasteiger partial charge in [-0.05, 0) is 37.7 Å². The second kappa shape index (κ2) is 12.3. The van der Waals surface area contributed by atoms with E-state index >= 15 is 0 Å². The van der Waals surface area contributed by atoms with Gasteiger partial charge in [-0.1, -0.05) is 18.9 Å². The summed E-state index contributed by atoms with van der Waals surface area (Å²) in [5, 5.41) is 6.86. The Morgan fingerprint density at radius 2 is 2.00 bits per heavy atom. The zero-order valence-corrected chi connectivity index (χ0v) is 18.5. The standard InChI is InChI=1S/C19H32N4O2.HI/c1-4-20-18(21-14-16-8-7-9-17(23-16)25-3)22-15-19(12-13-24-2)10-5-6-11-19;/h7-9H,4-6,10-15H2,1-3H3,(H2,20,21,22);1H. The summed E-state index contributed by atoms with van der Waals surface area (Å²) in [5.41, 5.74) is 1.23. The first-order chi connectivity index (χ1) is 12.2. The normalized spacial score (nSPS) is 16.0. The van der Waals surface area contributed by atoms with Gasteiger partial charge in [-0.3, -0.25) is 0 Å². The highest BCUT2D eigenvalue weighted by Gasteiger charge is 2.33. The van der Waals surface area contributed by atoms with Crippen molar-refractivity contribution in [2.24, 2.45) is 10.4 Å². The topological polar surface area (TPSA) is 67.8 Å². The molecule has 0 saturated heterocycles. The molecule has 2 N–H and O–H groups in total. The Bertz CT molecular complexity index is 548. The number of guanidine groups is 1. The fourth-order valence-electron chi connectivity index (χ4n) is 3.39. The summed E-state index contributed by atoms with van der Waals surface area (Å²) in [6.07, 6.45) is 6.26. The minimum atomic E-state index is 0. The monoisotopic (exact) mass is 476 g/mol. The van der Waals surface area contributed by atoms with Gasteiger partial charge in [0.2, 0.25) is 5.88 Å². The van der Waals surface area contributed by atoms with E-state index < -0.39 is 0 Å². The van der Waals surface area contributed by atoms with Crippen LogP contribution in [0.15, 0.2) is 23.2 Å². The number of rotatable bonds is 9. The molecule has 0 spiro atoms. The van der Waals surface area contributed by atoms with Crippen molar-refractivity contribution in [3.63, 3.8) is 0 Å². The molecule has 1 heterocycles. The maximum atomic E-state index is 5.32. The van der Waals surface area contributed by atoms with Gasteiger partial charge in [0.1, 0.15) is 0 Å². The fourth-order valence-corrected chi connectivity index (χ4v) is 3.39. The second-order valence-corrected chi connectivity index (χ2v) is 6.67. The van der Waals surface area contributed by atoms with Crippen LogP contribution in [-0.4, -0.2) is 44.9 Å². The molecule has 7 heteroatoms. The van der Waals surface area contributed by atoms with Crippen LogP contribution in [0.2, 0.25) is 0 Å². The minimum Gasteiger partial charge on any atom is -0.481 e. The van der Waals surface area contributed by atoms with Crippen LogP contribution in [0.25, 0.3) is 0 Å². The predicted molar refractivity (Wildman–Crippen MR) is 116 cm³/mol. The van der Waals surface area contributed by atoms with E-state index in [1.165, 1.54) is 25.7 Å². The third-order valence-corrected chi connectivity index (χ3v) is 4.87. The number of hydrogen-bond donors (Lipinski definition) is 2. The van der Waals surface area contributed by atoms with E-state index in [1.54, 1.807) is 14.2 Å². The van der Waals surface area contributed by atoms with Crippen molar-refractivity contribution in [1.82, 2.24) is 15.6 Å². The predicted octanol–water partition coefficient (Wildman–Crippen LogP) is 3.36. The minimum absolute atomic E-state index is 0. The molecule has 26 heavy (non-hydrogen) atoms. The van der Waals surface area contributed by atoms with Crippen molar-refractivity contribution < 1.29 is 9.47 Å². The van der Waals surface area contributed by atoms with Crippen LogP contribution >= 0.6 is 24.0 Å². The molecule has 1 aliphatic carbocycles. The molecular weight excluding hydrogens is 443 g/mol. The van der Waals surface area contributed by atoms with Crippen LogP contribution in [0.1, 0.15) is 44.7 Å². The molecule has 0 atom stereocenters. The molecular formula is C19H33IN4O2. The van der Waals surface area contributed by atoms with E-state index in [0.717, 1.165) is 37.8 Å². The molecule has 1 saturated carbocycles. The highest BCUT2D eigenvalue weighted by molar-refractivity contribution is 14.0. The van der Waals surface area contributed by atoms with Crippen LogP contribution in [0, 0.1) is 5.41 Å². The van der Waals surface area contributed by atoms with Crippen molar-refractivity contribution >= 4 is 29.9 Å². The Balaban J connectivity index is 0.00000338. The summed E-state index contributed by atoms with van der Waals surface area (Å²) in [6.45, 7) is 5.20. The molecule has 0 radical (unpaired) electrons. The number of pyridine rings is 1. The first-order valence-electron chi connectivity index (χ1n) is 9.22. The number of methoxy groups -OCH3 is 2. The largest absolute Gasteiger partial charge is 0.481 e. The highest BCUT2D eigenvalue weighted by Crippen LogP contribution is 2.40. The summed E-state index contributed by atoms with van der Waals surface area (Å²) >= 11 is 0. The van der Waals surface area contributed by atoms with Crippen molar-refractivity contribution in [2.75, 3.05) is 33.9 Å². The quantitative estimate of drug-likeness (QED) is 0.325. The van der Waals surface area contributed by atoms with Crippen molar-refractivity contribution in [2.45, 2.75) is 45.6 Å². The van der Waals surface area contributed by atoms with E-state index in [9.17, 15) is 0 Å². The Hall–Kier alpha value is -1.09. The molecule has 1 aromatic heterocycles. The van der Waals surface area contributed by atoms with Gasteiger partial charge in [0, 0.05) is 32.9 Å². The zero-order chi connectivity index (χ0) is 18.0. The van der Waals surface area contributed by atoms with Crippen molar-refractivity contribution in [1.29, 1.82) is 0 Å². The van der Waals surface area contributed by atoms with E-state index in [0.29, 0.717) is 17.8 Å². The highest BCUT2D eigenvalue weighted by atomic mass is 127. The number of aliphatic imine (C=N–C) groups is 1. The van der Waals surface area contributed by atoms with Gasteiger partial charge in [0.15, 0.2) is 5.96 Å². The molecule has 6 nitrogen and oxygen atoms in total. The van der Waals surface area contributed by atoms with Crippen LogP contribution in [-0.2, 0) is 11.3 Å². The van der Waals surface area contributed by atoms with E-state index in [2.05, 4.69) is 27.5 Å². The number of ether oxygens (including phenoxy) is 2. The van der Waals surface area contributed by atoms with Crippen molar-refractivity contribution in [3.05, 3.63) is 23.9 Å². The molecule has 1 fully saturated rings. The summed E-state index contributed by atoms with van der Waals surface area (Å²) in [4.78, 5) is 9.09. The molecule has 0 bridgehead atoms. The summed E-state index contributed by atoms with van der Waals surface area (Å²) < 4.78 is 10.5. The molecule has 0 unspecified atom stereocenters. The zero-order valence-electron chi connectivity index (χ0n) is 16.2. The first-order valence-corrected chi connectivity index (χ1v) is 9.22. The molecule has 1 aliphatic rings. The number of aromatic nitrogens is 1. The van der Waals surface area contributed by atoms with Gasteiger partial charge in [-0.25, -0.2) is 9.98 Å². The third-order valence-electron chi connectivity index (χ3n) is 4.87. The van der Waals surface area contributed by atoms with Crippen LogP contribution in [0.4, 0.5) is 0 Å². The maximum Gasteiger partial charge on any atom is 0.213 e. The lowest BCUT2D eigenvalue weighted by atomic mass is 9.83. The number of halogens is 1. The van der Waals surface area contributed by atoms with Crippen molar-refractivity contribution in [3.8, 4) is 5.88 Å². The Labute approximate surface area is 174 Å². The van der Waals surface area contributed by atoms with Crippen LogP contribution < -0.4 is 15.4 Å². The van der Waals surface area contributed by atoms with Gasteiger partial charge in [0.05, 0.1) is 19.3 Å². The van der Waals surface area contributed by atoms with Gasteiger partial charge >= 0.3 is 0 Å². The third kappa shape index (κ3) is 7.26. The Morgan fingerprint density at radius 1 is 1.23 bits per heavy atom. The molecule has 148 valence electrons. The van der Waals surface area contributed by atoms with Gasteiger partial charge in [0.25, 0.3) is 0 Å². The lowest BCUT2D eigenvalue weighted by Gasteiger charge is -2.30. The van der Waals surface area contributed by atoms with E-state index in [-0.39, 0.29) is 24.0 Å².